The number of thioether (sulfide) groups is 1. The van der Waals surface area contributed by atoms with Gasteiger partial charge in [0.2, 0.25) is 0 Å². The molecule has 3 rings (SSSR count). The quantitative estimate of drug-likeness (QED) is 0.303. The van der Waals surface area contributed by atoms with Gasteiger partial charge >= 0.3 is 0 Å². The van der Waals surface area contributed by atoms with E-state index in [1.54, 1.807) is 18.1 Å². The molecule has 0 unspecified atom stereocenters. The SMILES string of the molecule is CCOCSc1ncnc2c1cnn2Cc1ccccc1. The summed E-state index contributed by atoms with van der Waals surface area (Å²) in [7, 11) is 0. The Morgan fingerprint density at radius 3 is 2.86 bits per heavy atom. The molecule has 0 radical (unpaired) electrons. The highest BCUT2D eigenvalue weighted by atomic mass is 32.2. The van der Waals surface area contributed by atoms with E-state index in [4.69, 9.17) is 4.74 Å². The molecule has 1 aromatic carbocycles. The van der Waals surface area contributed by atoms with Gasteiger partial charge in [-0.05, 0) is 12.5 Å². The Kier molecular flexibility index (Phi) is 4.47. The van der Waals surface area contributed by atoms with Gasteiger partial charge in [-0.25, -0.2) is 14.6 Å². The lowest BCUT2D eigenvalue weighted by Crippen LogP contribution is -2.02. The van der Waals surface area contributed by atoms with E-state index in [-0.39, 0.29) is 0 Å². The lowest BCUT2D eigenvalue weighted by molar-refractivity contribution is 0.199. The maximum Gasteiger partial charge on any atom is 0.162 e. The third-order valence-electron chi connectivity index (χ3n) is 3.06. The fraction of sp³-hybridized carbons (Fsp3) is 0.267. The monoisotopic (exact) mass is 300 g/mol. The molecule has 3 aromatic rings. The van der Waals surface area contributed by atoms with E-state index in [2.05, 4.69) is 27.2 Å². The highest BCUT2D eigenvalue weighted by molar-refractivity contribution is 7.99. The summed E-state index contributed by atoms with van der Waals surface area (Å²) in [5, 5.41) is 6.32. The second kappa shape index (κ2) is 6.69. The molecule has 6 heteroatoms. The van der Waals surface area contributed by atoms with Crippen molar-refractivity contribution in [2.45, 2.75) is 18.5 Å². The van der Waals surface area contributed by atoms with Crippen molar-refractivity contribution < 1.29 is 4.74 Å². The van der Waals surface area contributed by atoms with Gasteiger partial charge in [-0.1, -0.05) is 42.1 Å². The Morgan fingerprint density at radius 1 is 1.19 bits per heavy atom. The number of nitrogens with zero attached hydrogens (tertiary/aromatic N) is 4. The van der Waals surface area contributed by atoms with Crippen molar-refractivity contribution >= 4 is 22.8 Å². The molecule has 108 valence electrons. The summed E-state index contributed by atoms with van der Waals surface area (Å²) in [4.78, 5) is 8.68. The van der Waals surface area contributed by atoms with Crippen molar-refractivity contribution in [1.82, 2.24) is 19.7 Å². The number of rotatable bonds is 6. The van der Waals surface area contributed by atoms with Crippen LogP contribution < -0.4 is 0 Å². The molecular weight excluding hydrogens is 284 g/mol. The second-order valence-corrected chi connectivity index (χ2v) is 5.37. The van der Waals surface area contributed by atoms with Gasteiger partial charge in [0.1, 0.15) is 11.4 Å². The minimum Gasteiger partial charge on any atom is -0.371 e. The van der Waals surface area contributed by atoms with Crippen LogP contribution in [-0.2, 0) is 11.3 Å². The molecule has 0 saturated heterocycles. The van der Waals surface area contributed by atoms with E-state index in [1.807, 2.05) is 36.0 Å². The van der Waals surface area contributed by atoms with Crippen LogP contribution in [0.4, 0.5) is 0 Å². The lowest BCUT2D eigenvalue weighted by Gasteiger charge is -2.04. The molecule has 2 aromatic heterocycles. The van der Waals surface area contributed by atoms with Crippen LogP contribution in [0.5, 0.6) is 0 Å². The first-order valence-corrected chi connectivity index (χ1v) is 7.78. The topological polar surface area (TPSA) is 52.8 Å². The van der Waals surface area contributed by atoms with E-state index >= 15 is 0 Å². The van der Waals surface area contributed by atoms with Crippen LogP contribution in [0.1, 0.15) is 12.5 Å². The number of ether oxygens (including phenoxy) is 1. The van der Waals surface area contributed by atoms with Crippen molar-refractivity contribution in [2.75, 3.05) is 12.5 Å². The summed E-state index contributed by atoms with van der Waals surface area (Å²) in [5.41, 5.74) is 2.05. The normalized spacial score (nSPS) is 11.1. The Bertz CT molecular complexity index is 714. The summed E-state index contributed by atoms with van der Waals surface area (Å²) in [6.07, 6.45) is 3.41. The minimum atomic E-state index is 0.590. The van der Waals surface area contributed by atoms with Crippen LogP contribution >= 0.6 is 11.8 Å². The van der Waals surface area contributed by atoms with Crippen LogP contribution in [0.25, 0.3) is 11.0 Å². The predicted molar refractivity (Wildman–Crippen MR) is 83.2 cm³/mol. The average Bonchev–Trinajstić information content (AvgIpc) is 2.93. The average molecular weight is 300 g/mol. The zero-order valence-electron chi connectivity index (χ0n) is 11.8. The number of fused-ring (bicyclic) bond motifs is 1. The fourth-order valence-electron chi connectivity index (χ4n) is 2.04. The largest absolute Gasteiger partial charge is 0.371 e. The zero-order valence-corrected chi connectivity index (χ0v) is 12.6. The standard InChI is InChI=1S/C15H16N4OS/c1-2-20-11-21-15-13-8-18-19(14(13)16-10-17-15)9-12-6-4-3-5-7-12/h3-8,10H,2,9,11H2,1H3. The van der Waals surface area contributed by atoms with Gasteiger partial charge in [0.25, 0.3) is 0 Å². The van der Waals surface area contributed by atoms with Crippen molar-refractivity contribution in [3.8, 4) is 0 Å². The van der Waals surface area contributed by atoms with E-state index in [0.717, 1.165) is 16.1 Å². The molecule has 0 aliphatic rings. The van der Waals surface area contributed by atoms with E-state index in [1.165, 1.54) is 5.56 Å². The van der Waals surface area contributed by atoms with Crippen LogP contribution in [0, 0.1) is 0 Å². The number of hydrogen-bond donors (Lipinski definition) is 0. The Balaban J connectivity index is 1.86. The van der Waals surface area contributed by atoms with Gasteiger partial charge in [-0.15, -0.1) is 0 Å². The molecule has 21 heavy (non-hydrogen) atoms. The molecule has 0 atom stereocenters. The van der Waals surface area contributed by atoms with Crippen LogP contribution in [0.2, 0.25) is 0 Å². The molecule has 0 spiro atoms. The van der Waals surface area contributed by atoms with Gasteiger partial charge in [0, 0.05) is 6.61 Å². The first-order chi connectivity index (χ1) is 10.4. The molecule has 0 amide bonds. The third-order valence-corrected chi connectivity index (χ3v) is 3.94. The highest BCUT2D eigenvalue weighted by Crippen LogP contribution is 2.24. The lowest BCUT2D eigenvalue weighted by atomic mass is 10.2. The van der Waals surface area contributed by atoms with Crippen molar-refractivity contribution in [3.05, 3.63) is 48.4 Å². The van der Waals surface area contributed by atoms with Crippen molar-refractivity contribution in [2.24, 2.45) is 0 Å². The van der Waals surface area contributed by atoms with Crippen LogP contribution in [0.15, 0.2) is 47.9 Å². The van der Waals surface area contributed by atoms with Gasteiger partial charge in [-0.3, -0.25) is 0 Å². The fourth-order valence-corrected chi connectivity index (χ4v) is 2.82. The van der Waals surface area contributed by atoms with E-state index in [0.29, 0.717) is 19.1 Å². The summed E-state index contributed by atoms with van der Waals surface area (Å²) in [6.45, 7) is 3.39. The van der Waals surface area contributed by atoms with Crippen molar-refractivity contribution in [3.63, 3.8) is 0 Å². The Morgan fingerprint density at radius 2 is 2.05 bits per heavy atom. The Labute approximate surface area is 127 Å². The van der Waals surface area contributed by atoms with Gasteiger partial charge in [-0.2, -0.15) is 5.10 Å². The first kappa shape index (κ1) is 14.0. The maximum atomic E-state index is 5.36. The zero-order chi connectivity index (χ0) is 14.5. The summed E-state index contributed by atoms with van der Waals surface area (Å²) in [5.74, 6) is 0.590. The number of benzene rings is 1. The first-order valence-electron chi connectivity index (χ1n) is 6.79. The molecule has 0 aliphatic heterocycles. The number of aromatic nitrogens is 4. The Hall–Kier alpha value is -1.92. The van der Waals surface area contributed by atoms with Crippen molar-refractivity contribution in [1.29, 1.82) is 0 Å². The predicted octanol–water partition coefficient (Wildman–Crippen LogP) is 2.96. The molecule has 0 bridgehead atoms. The summed E-state index contributed by atoms with van der Waals surface area (Å²) in [6, 6.07) is 10.2. The third kappa shape index (κ3) is 3.22. The molecule has 0 saturated carbocycles. The molecular formula is C15H16N4OS. The molecule has 0 N–H and O–H groups in total. The minimum absolute atomic E-state index is 0.590. The van der Waals surface area contributed by atoms with Crippen LogP contribution in [0.3, 0.4) is 0 Å². The highest BCUT2D eigenvalue weighted by Gasteiger charge is 2.10. The van der Waals surface area contributed by atoms with E-state index in [9.17, 15) is 0 Å². The van der Waals surface area contributed by atoms with Gasteiger partial charge < -0.3 is 4.74 Å². The maximum absolute atomic E-state index is 5.36. The van der Waals surface area contributed by atoms with Gasteiger partial charge in [0.15, 0.2) is 5.65 Å². The van der Waals surface area contributed by atoms with E-state index < -0.39 is 0 Å². The molecule has 0 aliphatic carbocycles. The second-order valence-electron chi connectivity index (χ2n) is 4.46. The van der Waals surface area contributed by atoms with Gasteiger partial charge in [0.05, 0.1) is 24.1 Å². The smallest absolute Gasteiger partial charge is 0.162 e. The molecule has 2 heterocycles. The number of hydrogen-bond acceptors (Lipinski definition) is 5. The summed E-state index contributed by atoms with van der Waals surface area (Å²) >= 11 is 1.57. The molecule has 0 fully saturated rings. The summed E-state index contributed by atoms with van der Waals surface area (Å²) < 4.78 is 7.26. The molecule has 5 nitrogen and oxygen atoms in total. The van der Waals surface area contributed by atoms with Crippen LogP contribution in [-0.4, -0.2) is 32.3 Å².